The molecule has 0 radical (unpaired) electrons. The van der Waals surface area contributed by atoms with Gasteiger partial charge in [-0.15, -0.1) is 0 Å². The molecular weight excluding hydrogens is 1660 g/mol. The van der Waals surface area contributed by atoms with Crippen LogP contribution in [0.4, 0.5) is 29.0 Å². The molecule has 0 aliphatic carbocycles. The van der Waals surface area contributed by atoms with Crippen LogP contribution in [0, 0.1) is 11.8 Å². The number of H-pyrrole nitrogens is 4. The summed E-state index contributed by atoms with van der Waals surface area (Å²) in [4.78, 5) is 106. The van der Waals surface area contributed by atoms with Crippen molar-refractivity contribution in [1.29, 1.82) is 0 Å². The van der Waals surface area contributed by atoms with Crippen LogP contribution in [0.25, 0.3) is 44.7 Å². The molecule has 12 N–H and O–H groups in total. The van der Waals surface area contributed by atoms with Gasteiger partial charge in [-0.2, -0.15) is 39.9 Å². The second kappa shape index (κ2) is 42.7. The number of ether oxygens (including phenoxy) is 9. The number of hydrogen-bond acceptors (Lipinski definition) is 29. The highest BCUT2D eigenvalue weighted by atomic mass is 16.5. The van der Waals surface area contributed by atoms with Crippen LogP contribution in [0.1, 0.15) is 95.3 Å². The molecule has 14 aromatic rings. The van der Waals surface area contributed by atoms with Crippen LogP contribution in [0.3, 0.4) is 0 Å². The van der Waals surface area contributed by atoms with E-state index in [1.165, 1.54) is 51.1 Å². The number of nitrogens with one attached hydrogen (secondary N) is 4. The van der Waals surface area contributed by atoms with Gasteiger partial charge in [0.1, 0.15) is 48.5 Å². The van der Waals surface area contributed by atoms with Gasteiger partial charge in [-0.3, -0.25) is 33.0 Å². The number of piperidine rings is 1. The zero-order chi connectivity index (χ0) is 90.9. The lowest BCUT2D eigenvalue weighted by molar-refractivity contribution is -0.0704. The topological polar surface area (TPSA) is 454 Å². The van der Waals surface area contributed by atoms with Crippen molar-refractivity contribution in [2.45, 2.75) is 118 Å². The number of hydrogen-bond donors (Lipinski definition) is 8. The highest BCUT2D eigenvalue weighted by Gasteiger charge is 2.28. The molecule has 6 aromatic carbocycles. The maximum absolute atomic E-state index is 12.7. The van der Waals surface area contributed by atoms with E-state index in [1.807, 2.05) is 48.5 Å². The van der Waals surface area contributed by atoms with Crippen molar-refractivity contribution in [3.05, 3.63) is 249 Å². The quantitative estimate of drug-likeness (QED) is 0.0184. The normalized spacial score (nSPS) is 16.3. The molecule has 0 spiro atoms. The Morgan fingerprint density at radius 3 is 0.969 bits per heavy atom. The molecule has 4 aliphatic rings. The van der Waals surface area contributed by atoms with Crippen molar-refractivity contribution in [3.8, 4) is 24.0 Å². The maximum Gasteiger partial charge on any atom is 0.328 e. The second-order valence-electron chi connectivity index (χ2n) is 33.4. The van der Waals surface area contributed by atoms with E-state index in [2.05, 4.69) is 204 Å². The predicted molar refractivity (Wildman–Crippen MR) is 496 cm³/mol. The Labute approximate surface area is 750 Å². The first-order chi connectivity index (χ1) is 63.1. The third-order valence-electron chi connectivity index (χ3n) is 22.8. The summed E-state index contributed by atoms with van der Waals surface area (Å²) in [5, 5.41) is 0. The number of aromatic amines is 4. The zero-order valence-corrected chi connectivity index (χ0v) is 74.6. The molecule has 684 valence electrons. The number of aromatic nitrogens is 16. The van der Waals surface area contributed by atoms with Crippen LogP contribution in [-0.2, 0) is 95.6 Å². The van der Waals surface area contributed by atoms with Crippen molar-refractivity contribution in [1.82, 2.24) is 92.8 Å². The number of nitrogens with zero attached hydrogens (tertiary/aromatic N) is 16. The third kappa shape index (κ3) is 23.0. The van der Waals surface area contributed by atoms with Crippen LogP contribution in [-0.4, -0.2) is 219 Å². The minimum atomic E-state index is -0.295. The summed E-state index contributed by atoms with van der Waals surface area (Å²) in [6, 6.07) is 50.8. The predicted octanol–water partition coefficient (Wildman–Crippen LogP) is 8.27. The van der Waals surface area contributed by atoms with Crippen LogP contribution >= 0.6 is 0 Å². The Hall–Kier alpha value is -13.4. The monoisotopic (exact) mass is 1770 g/mol. The average Bonchev–Trinajstić information content (AvgIpc) is 1.64. The van der Waals surface area contributed by atoms with Crippen LogP contribution in [0.15, 0.2) is 165 Å². The van der Waals surface area contributed by atoms with E-state index in [0.717, 1.165) is 113 Å². The third-order valence-corrected chi connectivity index (χ3v) is 22.8. The van der Waals surface area contributed by atoms with Gasteiger partial charge < -0.3 is 90.4 Å². The molecule has 37 heteroatoms. The lowest BCUT2D eigenvalue weighted by atomic mass is 9.91. The van der Waals surface area contributed by atoms with E-state index in [-0.39, 0.29) is 95.5 Å². The molecule has 0 saturated carbocycles. The molecule has 2 saturated heterocycles. The summed E-state index contributed by atoms with van der Waals surface area (Å²) in [7, 11) is 6.34. The first-order valence-electron chi connectivity index (χ1n) is 43.6. The smallest absolute Gasteiger partial charge is 0.328 e. The summed E-state index contributed by atoms with van der Waals surface area (Å²) in [5.74, 6) is 2.13. The van der Waals surface area contributed by atoms with Crippen molar-refractivity contribution >= 4 is 73.6 Å². The molecule has 0 bridgehead atoms. The SMILES string of the molecule is COCCOc1nc(N)c2[nH]c(=O)n(Cc3cccc(CN4CC(C)CC(C)C4)c3)c2n1.COCCOc1nc(N)c2[nH]c(=O)n(Cc3cccc(CN4CC(C)OC(C)C4)c3)c2n1.COCCOc1nc(N)c2[nH]c(=O)n(Cc3cccc(CN4CCc5ccccc54)c3)c2n1.COCCOc1nc(N)c2[nH]c(=O)n(Cc3cccc(CN4Cc5ccccc5C4)c3)c2n1. The fraction of sp³-hybridized carbons (Fsp3) is 0.398. The van der Waals surface area contributed by atoms with Crippen LogP contribution in [0.5, 0.6) is 24.0 Å². The van der Waals surface area contributed by atoms with Gasteiger partial charge in [-0.05, 0) is 106 Å². The number of benzene rings is 6. The number of nitrogen functional groups attached to an aromatic ring is 4. The number of fused-ring (bicyclic) bond motifs is 6. The molecule has 18 rings (SSSR count). The molecule has 130 heavy (non-hydrogen) atoms. The summed E-state index contributed by atoms with van der Waals surface area (Å²) in [6.07, 6.45) is 2.80. The first kappa shape index (κ1) is 91.4. The molecular formula is C93H114N24O13. The molecule has 0 amide bonds. The molecule has 12 heterocycles. The van der Waals surface area contributed by atoms with Crippen molar-refractivity contribution < 1.29 is 42.6 Å². The van der Waals surface area contributed by atoms with Gasteiger partial charge >= 0.3 is 46.8 Å². The highest BCUT2D eigenvalue weighted by molar-refractivity contribution is 5.84. The summed E-state index contributed by atoms with van der Waals surface area (Å²) < 4.78 is 54.0. The minimum absolute atomic E-state index is 0.115. The molecule has 4 atom stereocenters. The number of para-hydroxylation sites is 1. The van der Waals surface area contributed by atoms with Crippen molar-refractivity contribution in [2.75, 3.05) is 142 Å². The Morgan fingerprint density at radius 2 is 0.638 bits per heavy atom. The standard InChI is InChI=1S/2C24H26N6O3.C23H32N6O3.C22H30N6O4/c1-32-9-10-33-23-27-21(25)20-22(28-23)30(24(31)26-20)13-17-6-4-5-16(11-17)12-29-14-18-7-2-3-8-19(18)15-29;1-32-11-12-33-23-27-21(25)20-22(28-23)30(24(31)26-20)15-17-6-4-5-16(13-17)14-29-10-9-18-7-2-3-8-19(18)29;1-15-9-16(2)12-28(11-15)13-17-5-4-6-18(10-17)14-29-21-19(25-23(29)30)20(24)26-22(27-21)32-8-7-31-3;1-14-10-27(11-15(2)32-14)12-16-5-4-6-17(9-16)13-28-20-18(24-22(28)29)19(23)25-21(26-20)31-8-7-30-3/h2-8,11H,9-10,12-15H2,1H3,(H,26,31)(H2,25,27,28);2-8,13H,9-12,14-15H2,1H3,(H,26,31)(H2,25,27,28);4-6,10,15-16H,7-9,11-14H2,1-3H3,(H,25,30)(H2,24,26,27);4-6,9,14-15H,7-8,10-13H2,1-3H3,(H,24,29)(H2,23,25,26). The Kier molecular flexibility index (Phi) is 30.0. The lowest BCUT2D eigenvalue weighted by Gasteiger charge is -2.35. The summed E-state index contributed by atoms with van der Waals surface area (Å²) in [5.41, 5.74) is 40.6. The highest BCUT2D eigenvalue weighted by Crippen LogP contribution is 2.32. The summed E-state index contributed by atoms with van der Waals surface area (Å²) in [6.45, 7) is 23.4. The average molecular weight is 1780 g/mol. The van der Waals surface area contributed by atoms with Gasteiger partial charge in [-0.25, -0.2) is 19.2 Å². The number of rotatable bonds is 32. The van der Waals surface area contributed by atoms with E-state index in [9.17, 15) is 19.2 Å². The molecule has 8 aromatic heterocycles. The van der Waals surface area contributed by atoms with Crippen molar-refractivity contribution in [2.24, 2.45) is 11.8 Å². The Balaban J connectivity index is 0.000000133. The number of methoxy groups -OCH3 is 4. The largest absolute Gasteiger partial charge is 0.461 e. The fourth-order valence-electron chi connectivity index (χ4n) is 17.3. The first-order valence-corrected chi connectivity index (χ1v) is 43.6. The number of imidazole rings is 4. The van der Waals surface area contributed by atoms with Gasteiger partial charge in [0.25, 0.3) is 0 Å². The van der Waals surface area contributed by atoms with E-state index in [1.54, 1.807) is 46.7 Å². The summed E-state index contributed by atoms with van der Waals surface area (Å²) >= 11 is 0. The molecule has 4 unspecified atom stereocenters. The van der Waals surface area contributed by atoms with Gasteiger partial charge in [0.2, 0.25) is 0 Å². The van der Waals surface area contributed by atoms with Gasteiger partial charge in [0, 0.05) is 106 Å². The fourth-order valence-corrected chi connectivity index (χ4v) is 17.3. The second-order valence-corrected chi connectivity index (χ2v) is 33.4. The van der Waals surface area contributed by atoms with Crippen LogP contribution in [0.2, 0.25) is 0 Å². The van der Waals surface area contributed by atoms with Crippen LogP contribution < -0.4 is 69.5 Å². The van der Waals surface area contributed by atoms with Gasteiger partial charge in [0.05, 0.1) is 64.8 Å². The molecule has 4 aliphatic heterocycles. The van der Waals surface area contributed by atoms with E-state index in [4.69, 9.17) is 65.6 Å². The molecule has 2 fully saturated rings. The Morgan fingerprint density at radius 1 is 0.346 bits per heavy atom. The van der Waals surface area contributed by atoms with Gasteiger partial charge in [0.15, 0.2) is 45.9 Å². The maximum atomic E-state index is 12.7. The number of anilines is 5. The van der Waals surface area contributed by atoms with E-state index in [0.29, 0.717) is 110 Å². The lowest BCUT2D eigenvalue weighted by Crippen LogP contribution is -2.44. The van der Waals surface area contributed by atoms with Crippen molar-refractivity contribution in [3.63, 3.8) is 0 Å². The molecule has 37 nitrogen and oxygen atoms in total. The number of nitrogens with two attached hydrogens (primary N) is 4. The number of likely N-dealkylation sites (tertiary alicyclic amines) is 1. The Bertz CT molecular complexity index is 6260. The number of morpholine rings is 1. The van der Waals surface area contributed by atoms with E-state index >= 15 is 0 Å². The van der Waals surface area contributed by atoms with E-state index < -0.39 is 0 Å². The van der Waals surface area contributed by atoms with Gasteiger partial charge in [-0.1, -0.05) is 153 Å². The zero-order valence-electron chi connectivity index (χ0n) is 74.6. The minimum Gasteiger partial charge on any atom is -0.461 e.